The van der Waals surface area contributed by atoms with Gasteiger partial charge in [0.1, 0.15) is 5.78 Å². The molecule has 4 nitrogen and oxygen atoms in total. The third-order valence-electron chi connectivity index (χ3n) is 2.02. The van der Waals surface area contributed by atoms with E-state index in [-0.39, 0.29) is 17.3 Å². The number of carbonyl (C=O) groups is 1. The number of rotatable bonds is 3. The Labute approximate surface area is 95.7 Å². The van der Waals surface area contributed by atoms with Gasteiger partial charge in [0.05, 0.1) is 6.04 Å². The number of phenols is 2. The first-order chi connectivity index (χ1) is 7.50. The van der Waals surface area contributed by atoms with Gasteiger partial charge in [0.25, 0.3) is 0 Å². The molecule has 16 heavy (non-hydrogen) atoms. The van der Waals surface area contributed by atoms with Gasteiger partial charge in [0.2, 0.25) is 0 Å². The second-order valence-electron chi connectivity index (χ2n) is 3.24. The summed E-state index contributed by atoms with van der Waals surface area (Å²) in [6.45, 7) is 5.42. The zero-order chi connectivity index (χ0) is 12.7. The van der Waals surface area contributed by atoms with Crippen molar-refractivity contribution >= 4 is 5.78 Å². The average molecular weight is 225 g/mol. The molecule has 1 atom stereocenters. The monoisotopic (exact) mass is 225 g/mol. The van der Waals surface area contributed by atoms with Gasteiger partial charge in [0, 0.05) is 0 Å². The van der Waals surface area contributed by atoms with Crippen LogP contribution in [0.4, 0.5) is 0 Å². The molecule has 0 aliphatic carbocycles. The van der Waals surface area contributed by atoms with E-state index in [0.29, 0.717) is 6.42 Å². The number of phenolic OH excluding ortho intramolecular Hbond substituents is 2. The molecular weight excluding hydrogens is 206 g/mol. The SMILES string of the molecule is CC.CC(=O)C(N)Cc1ccc(O)c(O)c1. The Hall–Kier alpha value is -1.55. The van der Waals surface area contributed by atoms with Crippen molar-refractivity contribution in [2.75, 3.05) is 0 Å². The summed E-state index contributed by atoms with van der Waals surface area (Å²) in [6.07, 6.45) is 0.364. The van der Waals surface area contributed by atoms with E-state index >= 15 is 0 Å². The minimum Gasteiger partial charge on any atom is -0.504 e. The number of aromatic hydroxyl groups is 2. The summed E-state index contributed by atoms with van der Waals surface area (Å²) >= 11 is 0. The van der Waals surface area contributed by atoms with Crippen LogP contribution >= 0.6 is 0 Å². The van der Waals surface area contributed by atoms with Crippen LogP contribution in [-0.2, 0) is 11.2 Å². The molecule has 0 amide bonds. The molecule has 0 fully saturated rings. The highest BCUT2D eigenvalue weighted by Crippen LogP contribution is 2.25. The highest BCUT2D eigenvalue weighted by molar-refractivity contribution is 5.81. The number of ketones is 1. The number of carbonyl (C=O) groups excluding carboxylic acids is 1. The van der Waals surface area contributed by atoms with E-state index in [1.165, 1.54) is 19.1 Å². The molecule has 90 valence electrons. The Morgan fingerprint density at radius 2 is 1.88 bits per heavy atom. The lowest BCUT2D eigenvalue weighted by Gasteiger charge is -2.08. The minimum atomic E-state index is -0.557. The molecule has 1 unspecified atom stereocenters. The van der Waals surface area contributed by atoms with Gasteiger partial charge >= 0.3 is 0 Å². The second kappa shape index (κ2) is 6.85. The Morgan fingerprint density at radius 1 is 1.31 bits per heavy atom. The lowest BCUT2D eigenvalue weighted by Crippen LogP contribution is -2.30. The number of nitrogens with two attached hydrogens (primary N) is 1. The predicted molar refractivity (Wildman–Crippen MR) is 63.5 cm³/mol. The van der Waals surface area contributed by atoms with Crippen molar-refractivity contribution in [1.82, 2.24) is 0 Å². The predicted octanol–water partition coefficient (Wildman–Crippen LogP) is 1.58. The fourth-order valence-electron chi connectivity index (χ4n) is 1.09. The fraction of sp³-hybridized carbons (Fsp3) is 0.417. The van der Waals surface area contributed by atoms with Crippen molar-refractivity contribution < 1.29 is 15.0 Å². The Morgan fingerprint density at radius 3 is 2.31 bits per heavy atom. The Kier molecular flexibility index (Phi) is 6.18. The topological polar surface area (TPSA) is 83.6 Å². The second-order valence-corrected chi connectivity index (χ2v) is 3.24. The molecule has 1 aromatic rings. The first-order valence-electron chi connectivity index (χ1n) is 5.27. The number of benzene rings is 1. The summed E-state index contributed by atoms with van der Waals surface area (Å²) in [6, 6.07) is 3.84. The molecule has 4 heteroatoms. The van der Waals surface area contributed by atoms with Crippen LogP contribution in [0.15, 0.2) is 18.2 Å². The van der Waals surface area contributed by atoms with Crippen LogP contribution in [0.1, 0.15) is 26.3 Å². The van der Waals surface area contributed by atoms with E-state index in [4.69, 9.17) is 10.8 Å². The normalized spacial score (nSPS) is 11.2. The van der Waals surface area contributed by atoms with Crippen molar-refractivity contribution in [1.29, 1.82) is 0 Å². The summed E-state index contributed by atoms with van der Waals surface area (Å²) in [5, 5.41) is 18.2. The van der Waals surface area contributed by atoms with Crippen LogP contribution in [0.3, 0.4) is 0 Å². The van der Waals surface area contributed by atoms with Crippen LogP contribution < -0.4 is 5.73 Å². The van der Waals surface area contributed by atoms with Crippen LogP contribution in [0.2, 0.25) is 0 Å². The molecule has 0 radical (unpaired) electrons. The van der Waals surface area contributed by atoms with Crippen molar-refractivity contribution in [3.05, 3.63) is 23.8 Å². The van der Waals surface area contributed by atoms with E-state index in [1.54, 1.807) is 6.07 Å². The maximum atomic E-state index is 10.9. The van der Waals surface area contributed by atoms with Crippen molar-refractivity contribution in [2.24, 2.45) is 5.73 Å². The van der Waals surface area contributed by atoms with Gasteiger partial charge in [-0.1, -0.05) is 19.9 Å². The van der Waals surface area contributed by atoms with Crippen molar-refractivity contribution in [3.63, 3.8) is 0 Å². The molecule has 0 saturated carbocycles. The summed E-state index contributed by atoms with van der Waals surface area (Å²) in [4.78, 5) is 10.9. The smallest absolute Gasteiger partial charge is 0.157 e. The van der Waals surface area contributed by atoms with Crippen molar-refractivity contribution in [2.45, 2.75) is 33.2 Å². The molecule has 0 saturated heterocycles. The molecule has 0 bridgehead atoms. The van der Waals surface area contributed by atoms with Crippen molar-refractivity contribution in [3.8, 4) is 11.5 Å². The molecular formula is C12H19NO3. The standard InChI is InChI=1S/C10H13NO3.C2H6/c1-6(12)8(11)4-7-2-3-9(13)10(14)5-7;1-2/h2-3,5,8,13-14H,4,11H2,1H3;1-2H3. The highest BCUT2D eigenvalue weighted by Gasteiger charge is 2.10. The Balaban J connectivity index is 0.00000106. The third-order valence-corrected chi connectivity index (χ3v) is 2.02. The summed E-state index contributed by atoms with van der Waals surface area (Å²) in [7, 11) is 0. The molecule has 0 spiro atoms. The number of Topliss-reactive ketones (excluding diaryl/α,β-unsaturated/α-hetero) is 1. The molecule has 1 aromatic carbocycles. The maximum absolute atomic E-state index is 10.9. The van der Waals surface area contributed by atoms with Crippen LogP contribution in [-0.4, -0.2) is 22.0 Å². The molecule has 4 N–H and O–H groups in total. The number of hydrogen-bond donors (Lipinski definition) is 3. The van der Waals surface area contributed by atoms with E-state index in [0.717, 1.165) is 5.56 Å². The lowest BCUT2D eigenvalue weighted by atomic mass is 10.0. The quantitative estimate of drug-likeness (QED) is 0.682. The molecule has 0 heterocycles. The molecule has 1 rings (SSSR count). The van der Waals surface area contributed by atoms with Gasteiger partial charge in [-0.05, 0) is 31.0 Å². The van der Waals surface area contributed by atoms with Gasteiger partial charge in [0.15, 0.2) is 11.5 Å². The largest absolute Gasteiger partial charge is 0.504 e. The molecule has 0 aromatic heterocycles. The van der Waals surface area contributed by atoms with Gasteiger partial charge in [-0.3, -0.25) is 4.79 Å². The lowest BCUT2D eigenvalue weighted by molar-refractivity contribution is -0.118. The van der Waals surface area contributed by atoms with Gasteiger partial charge in [-0.2, -0.15) is 0 Å². The maximum Gasteiger partial charge on any atom is 0.157 e. The summed E-state index contributed by atoms with van der Waals surface area (Å²) in [5.74, 6) is -0.471. The zero-order valence-corrected chi connectivity index (χ0v) is 9.90. The van der Waals surface area contributed by atoms with Gasteiger partial charge < -0.3 is 15.9 Å². The van der Waals surface area contributed by atoms with E-state index in [9.17, 15) is 9.90 Å². The molecule has 0 aliphatic rings. The van der Waals surface area contributed by atoms with Crippen LogP contribution in [0.25, 0.3) is 0 Å². The zero-order valence-electron chi connectivity index (χ0n) is 9.90. The van der Waals surface area contributed by atoms with Gasteiger partial charge in [-0.25, -0.2) is 0 Å². The summed E-state index contributed by atoms with van der Waals surface area (Å²) in [5.41, 5.74) is 6.27. The number of hydrogen-bond acceptors (Lipinski definition) is 4. The molecule has 0 aliphatic heterocycles. The fourth-order valence-corrected chi connectivity index (χ4v) is 1.09. The van der Waals surface area contributed by atoms with E-state index < -0.39 is 6.04 Å². The highest BCUT2D eigenvalue weighted by atomic mass is 16.3. The first-order valence-corrected chi connectivity index (χ1v) is 5.27. The minimum absolute atomic E-state index is 0.0995. The van der Waals surface area contributed by atoms with E-state index in [2.05, 4.69) is 0 Å². The first kappa shape index (κ1) is 14.5. The van der Waals surface area contributed by atoms with E-state index in [1.807, 2.05) is 13.8 Å². The van der Waals surface area contributed by atoms with Gasteiger partial charge in [-0.15, -0.1) is 0 Å². The van der Waals surface area contributed by atoms with Crippen LogP contribution in [0, 0.1) is 0 Å². The summed E-state index contributed by atoms with van der Waals surface area (Å²) < 4.78 is 0. The third kappa shape index (κ3) is 4.31. The Bertz CT molecular complexity index is 350. The van der Waals surface area contributed by atoms with Crippen LogP contribution in [0.5, 0.6) is 11.5 Å². The average Bonchev–Trinajstić information content (AvgIpc) is 2.26.